The van der Waals surface area contributed by atoms with Gasteiger partial charge in [0.25, 0.3) is 0 Å². The van der Waals surface area contributed by atoms with Gasteiger partial charge in [0.1, 0.15) is 5.82 Å². The zero-order valence-corrected chi connectivity index (χ0v) is 14.0. The third-order valence-corrected chi connectivity index (χ3v) is 3.59. The summed E-state index contributed by atoms with van der Waals surface area (Å²) in [4.78, 5) is 6.80. The number of hydrogen-bond acceptors (Lipinski definition) is 4. The summed E-state index contributed by atoms with van der Waals surface area (Å²) in [5.74, 6) is -1.67. The van der Waals surface area contributed by atoms with Gasteiger partial charge in [-0.15, -0.1) is 26.3 Å². The van der Waals surface area contributed by atoms with E-state index in [1.54, 1.807) is 0 Å². The maximum absolute atomic E-state index is 13.6. The largest absolute Gasteiger partial charge is 0.491 e. The average molecular weight is 398 g/mol. The third-order valence-electron chi connectivity index (χ3n) is 3.59. The Hall–Kier alpha value is -3.30. The van der Waals surface area contributed by atoms with E-state index in [4.69, 9.17) is 0 Å². The first kappa shape index (κ1) is 19.5. The van der Waals surface area contributed by atoms with E-state index in [1.165, 1.54) is 48.5 Å². The summed E-state index contributed by atoms with van der Waals surface area (Å²) in [7, 11) is 0. The molecule has 0 aliphatic rings. The number of rotatable bonds is 4. The highest BCUT2D eigenvalue weighted by Crippen LogP contribution is 2.38. The van der Waals surface area contributed by atoms with Crippen LogP contribution in [-0.4, -0.2) is 22.6 Å². The topological polar surface area (TPSA) is 32.3 Å². The van der Waals surface area contributed by atoms with Gasteiger partial charge >= 0.3 is 12.6 Å². The van der Waals surface area contributed by atoms with Crippen molar-refractivity contribution in [2.75, 3.05) is 9.80 Å². The lowest BCUT2D eigenvalue weighted by Gasteiger charge is -2.28. The molecule has 0 saturated carbocycles. The van der Waals surface area contributed by atoms with Gasteiger partial charge in [0, 0.05) is 6.20 Å². The van der Waals surface area contributed by atoms with Gasteiger partial charge in [0.05, 0.1) is 11.4 Å². The second-order valence-corrected chi connectivity index (χ2v) is 5.49. The lowest BCUT2D eigenvalue weighted by molar-refractivity contribution is -0.121. The Morgan fingerprint density at radius 1 is 0.607 bits per heavy atom. The van der Waals surface area contributed by atoms with Crippen LogP contribution in [0.2, 0.25) is 0 Å². The normalized spacial score (nSPS) is 11.9. The molecule has 0 N–H and O–H groups in total. The lowest BCUT2D eigenvalue weighted by atomic mass is 10.3. The molecule has 146 valence electrons. The Balaban J connectivity index is 2.12. The molecule has 4 nitrogen and oxygen atoms in total. The number of halogens is 6. The predicted octanol–water partition coefficient (Wildman–Crippen LogP) is 5.79. The van der Waals surface area contributed by atoms with Gasteiger partial charge in [-0.1, -0.05) is 36.4 Å². The molecular weight excluding hydrogens is 386 g/mol. The molecular formula is C18H12F6N4. The van der Waals surface area contributed by atoms with Crippen LogP contribution in [-0.2, 0) is 0 Å². The fourth-order valence-electron chi connectivity index (χ4n) is 2.51. The highest BCUT2D eigenvalue weighted by molar-refractivity contribution is 5.64. The fourth-order valence-corrected chi connectivity index (χ4v) is 2.51. The molecule has 0 aliphatic carbocycles. The molecule has 3 rings (SSSR count). The summed E-state index contributed by atoms with van der Waals surface area (Å²) >= 11 is 0. The van der Waals surface area contributed by atoms with Gasteiger partial charge in [-0.3, -0.25) is 0 Å². The second-order valence-electron chi connectivity index (χ2n) is 5.49. The first-order valence-electron chi connectivity index (χ1n) is 7.85. The van der Waals surface area contributed by atoms with Gasteiger partial charge in [-0.05, 0) is 30.3 Å². The number of benzene rings is 2. The number of alkyl halides is 6. The van der Waals surface area contributed by atoms with E-state index < -0.39 is 24.4 Å². The van der Waals surface area contributed by atoms with Crippen molar-refractivity contribution in [3.8, 4) is 0 Å². The quantitative estimate of drug-likeness (QED) is 0.411. The lowest BCUT2D eigenvalue weighted by Crippen LogP contribution is -2.37. The maximum atomic E-state index is 13.6. The van der Waals surface area contributed by atoms with Crippen LogP contribution in [0.15, 0.2) is 72.9 Å². The van der Waals surface area contributed by atoms with E-state index in [2.05, 4.69) is 9.97 Å². The molecule has 0 fully saturated rings. The van der Waals surface area contributed by atoms with Crippen LogP contribution in [0.4, 0.5) is 49.5 Å². The van der Waals surface area contributed by atoms with E-state index in [-0.39, 0.29) is 21.2 Å². The fraction of sp³-hybridized carbons (Fsp3) is 0.111. The van der Waals surface area contributed by atoms with Crippen LogP contribution < -0.4 is 9.80 Å². The Kier molecular flexibility index (Phi) is 5.12. The Bertz CT molecular complexity index is 840. The number of nitrogens with zero attached hydrogens (tertiary/aromatic N) is 4. The standard InChI is InChI=1S/C18H12F6N4/c19-17(20,21)27(13-7-3-1-4-8-13)15-11-12-25-16(26-15)28(18(22,23)24)14-9-5-2-6-10-14/h1-12H. The Morgan fingerprint density at radius 2 is 1.07 bits per heavy atom. The van der Waals surface area contributed by atoms with E-state index in [9.17, 15) is 26.3 Å². The minimum atomic E-state index is -4.95. The van der Waals surface area contributed by atoms with E-state index in [0.29, 0.717) is 0 Å². The van der Waals surface area contributed by atoms with Crippen molar-refractivity contribution in [3.63, 3.8) is 0 Å². The highest BCUT2D eigenvalue weighted by Gasteiger charge is 2.43. The molecule has 0 unspecified atom stereocenters. The summed E-state index contributed by atoms with van der Waals surface area (Å²) in [6.45, 7) is 0. The number of para-hydroxylation sites is 2. The molecule has 3 aromatic rings. The van der Waals surface area contributed by atoms with Crippen molar-refractivity contribution >= 4 is 23.1 Å². The van der Waals surface area contributed by atoms with Crippen molar-refractivity contribution in [1.29, 1.82) is 0 Å². The molecule has 1 heterocycles. The first-order chi connectivity index (χ1) is 13.2. The van der Waals surface area contributed by atoms with Crippen molar-refractivity contribution in [1.82, 2.24) is 9.97 Å². The SMILES string of the molecule is FC(F)(F)N(c1ccccc1)c1ccnc(N(c2ccccc2)C(F)(F)F)n1. The summed E-state index contributed by atoms with van der Waals surface area (Å²) in [6, 6.07) is 14.1. The van der Waals surface area contributed by atoms with Crippen molar-refractivity contribution in [2.24, 2.45) is 0 Å². The highest BCUT2D eigenvalue weighted by atomic mass is 19.4. The smallest absolute Gasteiger partial charge is 0.236 e. The number of aromatic nitrogens is 2. The molecule has 0 amide bonds. The number of anilines is 4. The average Bonchev–Trinajstić information content (AvgIpc) is 2.62. The molecule has 0 bridgehead atoms. The summed E-state index contributed by atoms with van der Waals surface area (Å²) in [5, 5.41) is 0. The molecule has 0 atom stereocenters. The van der Waals surface area contributed by atoms with Gasteiger partial charge in [0.15, 0.2) is 0 Å². The van der Waals surface area contributed by atoms with Gasteiger partial charge in [0.2, 0.25) is 5.95 Å². The molecule has 1 aromatic heterocycles. The predicted molar refractivity (Wildman–Crippen MR) is 91.3 cm³/mol. The molecule has 28 heavy (non-hydrogen) atoms. The molecule has 0 spiro atoms. The Labute approximate surface area is 155 Å². The minimum Gasteiger partial charge on any atom is -0.236 e. The van der Waals surface area contributed by atoms with E-state index >= 15 is 0 Å². The Morgan fingerprint density at radius 3 is 1.54 bits per heavy atom. The van der Waals surface area contributed by atoms with Crippen molar-refractivity contribution in [2.45, 2.75) is 12.6 Å². The van der Waals surface area contributed by atoms with E-state index in [0.717, 1.165) is 24.4 Å². The minimum absolute atomic E-state index is 0.113. The zero-order chi connectivity index (χ0) is 20.4. The van der Waals surface area contributed by atoms with Gasteiger partial charge in [-0.2, -0.15) is 4.98 Å². The first-order valence-corrected chi connectivity index (χ1v) is 7.85. The molecule has 10 heteroatoms. The van der Waals surface area contributed by atoms with E-state index in [1.807, 2.05) is 0 Å². The maximum Gasteiger partial charge on any atom is 0.491 e. The van der Waals surface area contributed by atoms with Gasteiger partial charge < -0.3 is 0 Å². The van der Waals surface area contributed by atoms with Crippen LogP contribution >= 0.6 is 0 Å². The van der Waals surface area contributed by atoms with Crippen LogP contribution in [0, 0.1) is 0 Å². The van der Waals surface area contributed by atoms with Crippen LogP contribution in [0.3, 0.4) is 0 Å². The molecule has 0 radical (unpaired) electrons. The van der Waals surface area contributed by atoms with Crippen molar-refractivity contribution < 1.29 is 26.3 Å². The molecule has 0 saturated heterocycles. The van der Waals surface area contributed by atoms with Crippen LogP contribution in [0.25, 0.3) is 0 Å². The molecule has 2 aromatic carbocycles. The van der Waals surface area contributed by atoms with Crippen LogP contribution in [0.5, 0.6) is 0 Å². The summed E-state index contributed by atoms with van der Waals surface area (Å²) < 4.78 is 81.6. The summed E-state index contributed by atoms with van der Waals surface area (Å²) in [5.41, 5.74) is -0.622. The summed E-state index contributed by atoms with van der Waals surface area (Å²) in [6.07, 6.45) is -9.01. The van der Waals surface area contributed by atoms with Crippen LogP contribution in [0.1, 0.15) is 0 Å². The third kappa shape index (κ3) is 4.16. The van der Waals surface area contributed by atoms with Crippen molar-refractivity contribution in [3.05, 3.63) is 72.9 Å². The number of hydrogen-bond donors (Lipinski definition) is 0. The molecule has 0 aliphatic heterocycles. The monoisotopic (exact) mass is 398 g/mol. The second kappa shape index (κ2) is 7.37. The van der Waals surface area contributed by atoms with Gasteiger partial charge in [-0.25, -0.2) is 14.8 Å². The zero-order valence-electron chi connectivity index (χ0n) is 14.0.